The quantitative estimate of drug-likeness (QED) is 0.764. The third kappa shape index (κ3) is 2.85. The van der Waals surface area contributed by atoms with Crippen LogP contribution in [-0.4, -0.2) is 31.8 Å². The van der Waals surface area contributed by atoms with E-state index in [1.54, 1.807) is 7.11 Å². The van der Waals surface area contributed by atoms with E-state index in [1.165, 1.54) is 18.4 Å². The Labute approximate surface area is 104 Å². The van der Waals surface area contributed by atoms with Crippen LogP contribution in [0.1, 0.15) is 25.3 Å². The molecule has 3 heteroatoms. The number of rotatable bonds is 6. The number of methoxy groups -OCH3 is 1. The highest BCUT2D eigenvalue weighted by molar-refractivity contribution is 5.26. The Balaban J connectivity index is 1.96. The third-order valence-corrected chi connectivity index (χ3v) is 3.70. The van der Waals surface area contributed by atoms with Gasteiger partial charge in [-0.3, -0.25) is 4.98 Å². The summed E-state index contributed by atoms with van der Waals surface area (Å²) in [5.41, 5.74) is 1.68. The molecule has 0 aliphatic heterocycles. The molecular formula is C14H22N2O. The Hall–Kier alpha value is -0.930. The molecule has 0 bridgehead atoms. The van der Waals surface area contributed by atoms with E-state index in [9.17, 15) is 0 Å². The molecule has 3 nitrogen and oxygen atoms in total. The van der Waals surface area contributed by atoms with Gasteiger partial charge in [0.15, 0.2) is 0 Å². The van der Waals surface area contributed by atoms with Crippen LogP contribution in [-0.2, 0) is 10.2 Å². The van der Waals surface area contributed by atoms with E-state index in [2.05, 4.69) is 23.3 Å². The lowest BCUT2D eigenvalue weighted by atomic mass is 9.59. The van der Waals surface area contributed by atoms with Gasteiger partial charge in [-0.15, -0.1) is 0 Å². The smallest absolute Gasteiger partial charge is 0.0587 e. The molecule has 1 fully saturated rings. The summed E-state index contributed by atoms with van der Waals surface area (Å²) >= 11 is 0. The van der Waals surface area contributed by atoms with Gasteiger partial charge < -0.3 is 10.1 Å². The minimum absolute atomic E-state index is 0.307. The molecule has 1 saturated carbocycles. The average Bonchev–Trinajstić information content (AvgIpc) is 2.33. The Bertz CT molecular complexity index is 333. The van der Waals surface area contributed by atoms with Crippen LogP contribution in [0.15, 0.2) is 24.5 Å². The molecule has 0 amide bonds. The van der Waals surface area contributed by atoms with Gasteiger partial charge in [0.2, 0.25) is 0 Å². The minimum atomic E-state index is 0.307. The number of nitrogens with zero attached hydrogens (tertiary/aromatic N) is 1. The number of ether oxygens (including phenoxy) is 1. The highest BCUT2D eigenvalue weighted by atomic mass is 16.5. The first-order valence-corrected chi connectivity index (χ1v) is 6.37. The molecule has 1 heterocycles. The molecule has 0 unspecified atom stereocenters. The van der Waals surface area contributed by atoms with Crippen LogP contribution in [0.25, 0.3) is 0 Å². The van der Waals surface area contributed by atoms with Crippen molar-refractivity contribution in [2.24, 2.45) is 5.92 Å². The zero-order valence-corrected chi connectivity index (χ0v) is 10.8. The maximum absolute atomic E-state index is 5.06. The summed E-state index contributed by atoms with van der Waals surface area (Å²) in [6.07, 6.45) is 6.39. The van der Waals surface area contributed by atoms with Crippen molar-refractivity contribution in [2.75, 3.05) is 26.8 Å². The molecule has 1 N–H and O–H groups in total. The summed E-state index contributed by atoms with van der Waals surface area (Å²) in [5.74, 6) is 0.833. The first kappa shape index (κ1) is 12.5. The largest absolute Gasteiger partial charge is 0.383 e. The lowest BCUT2D eigenvalue weighted by Gasteiger charge is -2.47. The van der Waals surface area contributed by atoms with E-state index in [-0.39, 0.29) is 0 Å². The van der Waals surface area contributed by atoms with Crippen LogP contribution in [0.4, 0.5) is 0 Å². The Morgan fingerprint density at radius 3 is 2.94 bits per heavy atom. The molecule has 0 aromatic carbocycles. The van der Waals surface area contributed by atoms with Gasteiger partial charge >= 0.3 is 0 Å². The lowest BCUT2D eigenvalue weighted by molar-refractivity contribution is 0.143. The summed E-state index contributed by atoms with van der Waals surface area (Å²) in [5, 5.41) is 3.50. The van der Waals surface area contributed by atoms with E-state index < -0.39 is 0 Å². The first-order chi connectivity index (χ1) is 8.27. The molecule has 1 aliphatic carbocycles. The maximum atomic E-state index is 5.06. The van der Waals surface area contributed by atoms with Crippen LogP contribution in [0, 0.1) is 5.92 Å². The van der Waals surface area contributed by atoms with Gasteiger partial charge in [-0.2, -0.15) is 0 Å². The molecule has 2 rings (SSSR count). The fourth-order valence-corrected chi connectivity index (χ4v) is 2.93. The summed E-state index contributed by atoms with van der Waals surface area (Å²) in [6, 6.07) is 4.24. The minimum Gasteiger partial charge on any atom is -0.383 e. The van der Waals surface area contributed by atoms with Crippen molar-refractivity contribution >= 4 is 0 Å². The molecule has 0 spiro atoms. The van der Waals surface area contributed by atoms with Crippen molar-refractivity contribution in [1.82, 2.24) is 10.3 Å². The van der Waals surface area contributed by atoms with E-state index >= 15 is 0 Å². The first-order valence-electron chi connectivity index (χ1n) is 6.37. The second kappa shape index (κ2) is 5.61. The highest BCUT2D eigenvalue weighted by Crippen LogP contribution is 2.46. The van der Waals surface area contributed by atoms with Crippen molar-refractivity contribution in [2.45, 2.75) is 25.2 Å². The number of aromatic nitrogens is 1. The monoisotopic (exact) mass is 234 g/mol. The van der Waals surface area contributed by atoms with Gasteiger partial charge in [0.25, 0.3) is 0 Å². The number of pyridine rings is 1. The van der Waals surface area contributed by atoms with Gasteiger partial charge in [-0.05, 0) is 30.4 Å². The van der Waals surface area contributed by atoms with Crippen molar-refractivity contribution in [3.63, 3.8) is 0 Å². The van der Waals surface area contributed by atoms with Crippen molar-refractivity contribution in [1.29, 1.82) is 0 Å². The molecular weight excluding hydrogens is 212 g/mol. The molecule has 1 aromatic rings. The van der Waals surface area contributed by atoms with E-state index in [0.29, 0.717) is 5.41 Å². The SMILES string of the molecule is COCCNCC1(c2cccnc2)CC(C)C1. The predicted molar refractivity (Wildman–Crippen MR) is 69.1 cm³/mol. The van der Waals surface area contributed by atoms with E-state index in [0.717, 1.165) is 25.6 Å². The third-order valence-electron chi connectivity index (χ3n) is 3.70. The molecule has 0 atom stereocenters. The molecule has 0 saturated heterocycles. The lowest BCUT2D eigenvalue weighted by Crippen LogP contribution is -2.48. The number of nitrogens with one attached hydrogen (secondary N) is 1. The van der Waals surface area contributed by atoms with E-state index in [4.69, 9.17) is 4.74 Å². The number of hydrogen-bond acceptors (Lipinski definition) is 3. The van der Waals surface area contributed by atoms with Gasteiger partial charge in [-0.1, -0.05) is 13.0 Å². The average molecular weight is 234 g/mol. The van der Waals surface area contributed by atoms with Gasteiger partial charge in [0.05, 0.1) is 6.61 Å². The summed E-state index contributed by atoms with van der Waals surface area (Å²) in [6.45, 7) is 5.06. The van der Waals surface area contributed by atoms with Crippen LogP contribution in [0.3, 0.4) is 0 Å². The summed E-state index contributed by atoms with van der Waals surface area (Å²) in [7, 11) is 1.74. The molecule has 17 heavy (non-hydrogen) atoms. The zero-order valence-electron chi connectivity index (χ0n) is 10.8. The van der Waals surface area contributed by atoms with Crippen molar-refractivity contribution < 1.29 is 4.74 Å². The Kier molecular flexibility index (Phi) is 4.13. The molecule has 1 aromatic heterocycles. The van der Waals surface area contributed by atoms with Crippen LogP contribution in [0.5, 0.6) is 0 Å². The molecule has 0 radical (unpaired) electrons. The van der Waals surface area contributed by atoms with Crippen molar-refractivity contribution in [3.8, 4) is 0 Å². The predicted octanol–water partition coefficient (Wildman–Crippen LogP) is 1.99. The molecule has 94 valence electrons. The Morgan fingerprint density at radius 2 is 2.35 bits per heavy atom. The second-order valence-electron chi connectivity index (χ2n) is 5.21. The van der Waals surface area contributed by atoms with Gasteiger partial charge in [0, 0.05) is 38.0 Å². The number of hydrogen-bond donors (Lipinski definition) is 1. The summed E-state index contributed by atoms with van der Waals surface area (Å²) < 4.78 is 5.06. The molecule has 1 aliphatic rings. The van der Waals surface area contributed by atoms with Gasteiger partial charge in [-0.25, -0.2) is 0 Å². The fraction of sp³-hybridized carbons (Fsp3) is 0.643. The van der Waals surface area contributed by atoms with Crippen LogP contribution >= 0.6 is 0 Å². The Morgan fingerprint density at radius 1 is 1.53 bits per heavy atom. The maximum Gasteiger partial charge on any atom is 0.0587 e. The van der Waals surface area contributed by atoms with Crippen LogP contribution in [0.2, 0.25) is 0 Å². The van der Waals surface area contributed by atoms with Gasteiger partial charge in [0.1, 0.15) is 0 Å². The van der Waals surface area contributed by atoms with E-state index in [1.807, 2.05) is 18.5 Å². The highest BCUT2D eigenvalue weighted by Gasteiger charge is 2.42. The van der Waals surface area contributed by atoms with Crippen molar-refractivity contribution in [3.05, 3.63) is 30.1 Å². The normalized spacial score (nSPS) is 27.8. The topological polar surface area (TPSA) is 34.1 Å². The standard InChI is InChI=1S/C14H22N2O/c1-12-8-14(9-12,11-16-6-7-17-2)13-4-3-5-15-10-13/h3-5,10,12,16H,6-9,11H2,1-2H3. The fourth-order valence-electron chi connectivity index (χ4n) is 2.93. The summed E-state index contributed by atoms with van der Waals surface area (Å²) in [4.78, 5) is 4.25. The second-order valence-corrected chi connectivity index (χ2v) is 5.21. The van der Waals surface area contributed by atoms with Crippen LogP contribution < -0.4 is 5.32 Å². The zero-order chi connectivity index (χ0) is 12.1.